The Kier molecular flexibility index (Phi) is 9.71. The van der Waals surface area contributed by atoms with Crippen molar-refractivity contribution in [2.75, 3.05) is 7.11 Å². The molecule has 0 spiro atoms. The Bertz CT molecular complexity index is 770. The predicted octanol–water partition coefficient (Wildman–Crippen LogP) is 7.83. The maximum absolute atomic E-state index is 14.6. The summed E-state index contributed by atoms with van der Waals surface area (Å²) < 4.78 is 32.9. The van der Waals surface area contributed by atoms with E-state index in [1.807, 2.05) is 0 Å². The fourth-order valence-corrected chi connectivity index (χ4v) is 8.01. The molecule has 0 amide bonds. The van der Waals surface area contributed by atoms with Crippen LogP contribution in [0, 0.1) is 35.5 Å². The average molecular weight is 495 g/mol. The molecule has 7 atom stereocenters. The number of rotatable bonds is 9. The summed E-state index contributed by atoms with van der Waals surface area (Å²) in [4.78, 5) is 0. The van der Waals surface area contributed by atoms with Gasteiger partial charge in [0.25, 0.3) is 0 Å². The first kappa shape index (κ1) is 27.7. The van der Waals surface area contributed by atoms with E-state index in [9.17, 15) is 9.67 Å². The molecule has 6 heteroatoms. The van der Waals surface area contributed by atoms with Crippen molar-refractivity contribution in [1.82, 2.24) is 0 Å². The van der Waals surface area contributed by atoms with Crippen LogP contribution in [0.25, 0.3) is 0 Å². The van der Waals surface area contributed by atoms with Gasteiger partial charge in [-0.3, -0.25) is 4.57 Å². The zero-order chi connectivity index (χ0) is 25.0. The van der Waals surface area contributed by atoms with Crippen LogP contribution in [0.3, 0.4) is 0 Å². The molecule has 1 aromatic rings. The zero-order valence-corrected chi connectivity index (χ0v) is 23.2. The van der Waals surface area contributed by atoms with Crippen molar-refractivity contribution >= 4 is 7.60 Å². The molecule has 1 N–H and O–H groups in total. The molecule has 0 aliphatic heterocycles. The number of benzene rings is 1. The number of hydrogen-bond donors (Lipinski definition) is 1. The highest BCUT2D eigenvalue weighted by atomic mass is 31.2. The standard InChI is InChI=1S/C28H47O5P/c1-18(2)24-14-8-20(5)16-26(24)32-34(30,28(29)22-10-12-23(31-7)13-11-22)33-27-17-21(6)9-15-25(27)19(3)4/h10-13,18-21,24-29H,8-9,14-17H2,1-7H3. The summed E-state index contributed by atoms with van der Waals surface area (Å²) in [6.45, 7) is 13.3. The molecule has 7 unspecified atom stereocenters. The highest BCUT2D eigenvalue weighted by molar-refractivity contribution is 7.54. The van der Waals surface area contributed by atoms with E-state index in [2.05, 4.69) is 41.5 Å². The van der Waals surface area contributed by atoms with Crippen LogP contribution >= 0.6 is 7.60 Å². The van der Waals surface area contributed by atoms with Crippen LogP contribution in [0.5, 0.6) is 5.75 Å². The maximum atomic E-state index is 14.6. The van der Waals surface area contributed by atoms with Gasteiger partial charge in [-0.15, -0.1) is 0 Å². The minimum absolute atomic E-state index is 0.180. The summed E-state index contributed by atoms with van der Waals surface area (Å²) in [5.74, 6) is 1.83. The van der Waals surface area contributed by atoms with E-state index in [1.165, 1.54) is 0 Å². The van der Waals surface area contributed by atoms with Gasteiger partial charge < -0.3 is 18.9 Å². The number of ether oxygens (including phenoxy) is 1. The SMILES string of the molecule is COc1ccc(C(O)P(=O)(OC2CC(C)CCC2C(C)C)OC2CC(C)CCC2C(C)C)cc1. The van der Waals surface area contributed by atoms with Crippen molar-refractivity contribution in [2.24, 2.45) is 35.5 Å². The van der Waals surface area contributed by atoms with Gasteiger partial charge in [0.1, 0.15) is 5.75 Å². The van der Waals surface area contributed by atoms with Gasteiger partial charge in [0.05, 0.1) is 19.3 Å². The molecule has 34 heavy (non-hydrogen) atoms. The summed E-state index contributed by atoms with van der Waals surface area (Å²) in [5.41, 5.74) is 0.541. The first-order valence-electron chi connectivity index (χ1n) is 13.3. The lowest BCUT2D eigenvalue weighted by Gasteiger charge is -2.42. The van der Waals surface area contributed by atoms with E-state index < -0.39 is 13.4 Å². The van der Waals surface area contributed by atoms with Crippen molar-refractivity contribution in [3.8, 4) is 5.75 Å². The molecule has 0 aromatic heterocycles. The van der Waals surface area contributed by atoms with Crippen LogP contribution in [-0.2, 0) is 13.6 Å². The van der Waals surface area contributed by atoms with Crippen LogP contribution in [-0.4, -0.2) is 24.4 Å². The molecule has 3 rings (SSSR count). The van der Waals surface area contributed by atoms with Crippen molar-refractivity contribution in [3.63, 3.8) is 0 Å². The van der Waals surface area contributed by atoms with Crippen LogP contribution in [0.4, 0.5) is 0 Å². The van der Waals surface area contributed by atoms with Crippen LogP contribution in [0.2, 0.25) is 0 Å². The van der Waals surface area contributed by atoms with Crippen molar-refractivity contribution < 1.29 is 23.5 Å². The Hall–Kier alpha value is -0.870. The van der Waals surface area contributed by atoms with Gasteiger partial charge in [0.15, 0.2) is 5.85 Å². The first-order valence-corrected chi connectivity index (χ1v) is 14.9. The van der Waals surface area contributed by atoms with Gasteiger partial charge in [-0.2, -0.15) is 0 Å². The molecule has 0 heterocycles. The average Bonchev–Trinajstić information content (AvgIpc) is 2.78. The monoisotopic (exact) mass is 494 g/mol. The quantitative estimate of drug-likeness (QED) is 0.354. The normalized spacial score (nSPS) is 33.0. The lowest BCUT2D eigenvalue weighted by molar-refractivity contribution is -0.0154. The summed E-state index contributed by atoms with van der Waals surface area (Å²) >= 11 is 0. The highest BCUT2D eigenvalue weighted by Gasteiger charge is 2.46. The van der Waals surface area contributed by atoms with Gasteiger partial charge in [-0.1, -0.05) is 66.5 Å². The second kappa shape index (κ2) is 11.9. The molecule has 5 nitrogen and oxygen atoms in total. The zero-order valence-electron chi connectivity index (χ0n) is 22.3. The number of aliphatic hydroxyl groups is 1. The molecule has 194 valence electrons. The summed E-state index contributed by atoms with van der Waals surface area (Å²) in [6.07, 6.45) is 5.76. The van der Waals surface area contributed by atoms with E-state index in [1.54, 1.807) is 31.4 Å². The second-order valence-corrected chi connectivity index (χ2v) is 13.6. The number of methoxy groups -OCH3 is 1. The van der Waals surface area contributed by atoms with E-state index >= 15 is 0 Å². The minimum atomic E-state index is -3.89. The molecule has 2 aliphatic rings. The predicted molar refractivity (Wildman–Crippen MR) is 138 cm³/mol. The van der Waals surface area contributed by atoms with Gasteiger partial charge >= 0.3 is 7.60 Å². The number of aliphatic hydroxyl groups excluding tert-OH is 1. The third-order valence-corrected chi connectivity index (χ3v) is 10.2. The Morgan fingerprint density at radius 2 is 1.26 bits per heavy atom. The van der Waals surface area contributed by atoms with Crippen molar-refractivity contribution in [2.45, 2.75) is 98.1 Å². The van der Waals surface area contributed by atoms with Crippen molar-refractivity contribution in [3.05, 3.63) is 29.8 Å². The van der Waals surface area contributed by atoms with Crippen LogP contribution in [0.1, 0.15) is 91.5 Å². The van der Waals surface area contributed by atoms with E-state index in [4.69, 9.17) is 13.8 Å². The molecule has 1 aromatic carbocycles. The summed E-state index contributed by atoms with van der Waals surface area (Å²) in [5, 5.41) is 11.5. The van der Waals surface area contributed by atoms with E-state index in [0.29, 0.717) is 46.8 Å². The second-order valence-electron chi connectivity index (χ2n) is 11.6. The minimum Gasteiger partial charge on any atom is -0.497 e. The highest BCUT2D eigenvalue weighted by Crippen LogP contribution is 2.64. The Morgan fingerprint density at radius 1 is 0.824 bits per heavy atom. The number of hydrogen-bond acceptors (Lipinski definition) is 5. The third-order valence-electron chi connectivity index (χ3n) is 8.20. The van der Waals surface area contributed by atoms with Gasteiger partial charge in [-0.25, -0.2) is 0 Å². The molecule has 0 radical (unpaired) electrons. The lowest BCUT2D eigenvalue weighted by Crippen LogP contribution is -2.37. The fourth-order valence-electron chi connectivity index (χ4n) is 5.95. The smallest absolute Gasteiger partial charge is 0.363 e. The van der Waals surface area contributed by atoms with Crippen molar-refractivity contribution in [1.29, 1.82) is 0 Å². The Balaban J connectivity index is 1.94. The Morgan fingerprint density at radius 3 is 1.65 bits per heavy atom. The molecule has 0 saturated heterocycles. The van der Waals surface area contributed by atoms with Gasteiger partial charge in [0, 0.05) is 0 Å². The Labute approximate surface area is 207 Å². The molecule has 0 bridgehead atoms. The van der Waals surface area contributed by atoms with E-state index in [-0.39, 0.29) is 12.2 Å². The topological polar surface area (TPSA) is 65.0 Å². The van der Waals surface area contributed by atoms with E-state index in [0.717, 1.165) is 38.5 Å². The molecule has 2 aliphatic carbocycles. The molecular weight excluding hydrogens is 447 g/mol. The maximum Gasteiger partial charge on any atom is 0.363 e. The van der Waals surface area contributed by atoms with Crippen LogP contribution in [0.15, 0.2) is 24.3 Å². The van der Waals surface area contributed by atoms with Crippen LogP contribution < -0.4 is 4.74 Å². The summed E-state index contributed by atoms with van der Waals surface area (Å²) in [6, 6.07) is 7.08. The molecule has 2 fully saturated rings. The fraction of sp³-hybridized carbons (Fsp3) is 0.786. The molecular formula is C28H47O5P. The summed E-state index contributed by atoms with van der Waals surface area (Å²) in [7, 11) is -2.28. The molecule has 2 saturated carbocycles. The first-order chi connectivity index (χ1) is 16.0. The van der Waals surface area contributed by atoms with Gasteiger partial charge in [0.2, 0.25) is 0 Å². The van der Waals surface area contributed by atoms with Gasteiger partial charge in [-0.05, 0) is 78.9 Å². The third kappa shape index (κ3) is 6.66. The lowest BCUT2D eigenvalue weighted by atomic mass is 9.75. The largest absolute Gasteiger partial charge is 0.497 e.